The van der Waals surface area contributed by atoms with E-state index in [2.05, 4.69) is 60.7 Å². The predicted molar refractivity (Wildman–Crippen MR) is 63.6 cm³/mol. The summed E-state index contributed by atoms with van der Waals surface area (Å²) < 4.78 is 0. The average molecular weight is 180 g/mol. The Morgan fingerprint density at radius 3 is 1.43 bits per heavy atom. The molecule has 0 heterocycles. The third-order valence-corrected chi connectivity index (χ3v) is 2.65. The summed E-state index contributed by atoms with van der Waals surface area (Å²) in [5.41, 5.74) is 0. The van der Waals surface area contributed by atoms with E-state index in [1.165, 1.54) is 21.5 Å². The summed E-state index contributed by atoms with van der Waals surface area (Å²) in [4.78, 5) is 0. The van der Waals surface area contributed by atoms with Crippen molar-refractivity contribution in [3.8, 4) is 0 Å². The highest BCUT2D eigenvalue weighted by molar-refractivity contribution is 6.07. The van der Waals surface area contributed by atoms with Gasteiger partial charge in [-0.1, -0.05) is 60.7 Å². The van der Waals surface area contributed by atoms with Crippen LogP contribution in [0.25, 0.3) is 21.5 Å². The highest BCUT2D eigenvalue weighted by atomic mass is 14.0. The van der Waals surface area contributed by atoms with Gasteiger partial charge in [-0.05, 0) is 21.5 Å². The summed E-state index contributed by atoms with van der Waals surface area (Å²) >= 11 is 0. The summed E-state index contributed by atoms with van der Waals surface area (Å²) in [5.74, 6) is 0. The lowest BCUT2D eigenvalue weighted by molar-refractivity contribution is 1.76. The topological polar surface area (TPSA) is 0 Å². The number of benzene rings is 3. The first kappa shape index (κ1) is 7.57. The van der Waals surface area contributed by atoms with Crippen LogP contribution in [0.3, 0.4) is 0 Å². The second-order valence-electron chi connectivity index (χ2n) is 3.51. The zero-order chi connectivity index (χ0) is 9.38. The highest BCUT2D eigenvalue weighted by Crippen LogP contribution is 2.24. The van der Waals surface area contributed by atoms with Gasteiger partial charge in [0, 0.05) is 1.43 Å². The van der Waals surface area contributed by atoms with Gasteiger partial charge in [0.15, 0.2) is 0 Å². The minimum atomic E-state index is 0. The first-order chi connectivity index (χ1) is 6.95. The van der Waals surface area contributed by atoms with Crippen LogP contribution in [0.5, 0.6) is 0 Å². The maximum atomic E-state index is 2.18. The Bertz CT molecular complexity index is 544. The lowest BCUT2D eigenvalue weighted by atomic mass is 10.0. The van der Waals surface area contributed by atoms with E-state index in [4.69, 9.17) is 0 Å². The van der Waals surface area contributed by atoms with Crippen molar-refractivity contribution in [2.45, 2.75) is 0 Å². The Morgan fingerprint density at radius 1 is 0.500 bits per heavy atom. The number of rotatable bonds is 0. The van der Waals surface area contributed by atoms with Gasteiger partial charge in [0.25, 0.3) is 0 Å². The molecule has 0 aliphatic rings. The smallest absolute Gasteiger partial charge is 0 e. The normalized spacial score (nSPS) is 10.9. The van der Waals surface area contributed by atoms with Crippen molar-refractivity contribution in [2.24, 2.45) is 0 Å². The largest absolute Gasteiger partial charge is 0.0616 e. The summed E-state index contributed by atoms with van der Waals surface area (Å²) in [6, 6.07) is 21.4. The maximum Gasteiger partial charge on any atom is 0 e. The molecule has 0 radical (unpaired) electrons. The zero-order valence-electron chi connectivity index (χ0n) is 7.77. The number of fused-ring (bicyclic) bond motifs is 3. The van der Waals surface area contributed by atoms with Crippen molar-refractivity contribution in [1.29, 1.82) is 0 Å². The van der Waals surface area contributed by atoms with Crippen LogP contribution in [0.15, 0.2) is 60.7 Å². The molecule has 3 aromatic carbocycles. The zero-order valence-corrected chi connectivity index (χ0v) is 7.77. The molecule has 0 spiro atoms. The van der Waals surface area contributed by atoms with Crippen LogP contribution in [0.1, 0.15) is 1.43 Å². The van der Waals surface area contributed by atoms with Gasteiger partial charge < -0.3 is 0 Å². The summed E-state index contributed by atoms with van der Waals surface area (Å²) in [7, 11) is 0. The molecule has 0 amide bonds. The summed E-state index contributed by atoms with van der Waals surface area (Å²) in [5, 5.41) is 5.30. The molecule has 0 aliphatic heterocycles. The van der Waals surface area contributed by atoms with Gasteiger partial charge in [0.2, 0.25) is 0 Å². The van der Waals surface area contributed by atoms with Crippen molar-refractivity contribution >= 4 is 21.5 Å². The third kappa shape index (κ3) is 1.01. The minimum absolute atomic E-state index is 0. The predicted octanol–water partition coefficient (Wildman–Crippen LogP) is 4.24. The van der Waals surface area contributed by atoms with Gasteiger partial charge in [0.1, 0.15) is 0 Å². The molecule has 0 nitrogen and oxygen atoms in total. The first-order valence-corrected chi connectivity index (χ1v) is 4.82. The van der Waals surface area contributed by atoms with Crippen LogP contribution in [0.2, 0.25) is 0 Å². The monoisotopic (exact) mass is 180 g/mol. The fourth-order valence-corrected chi connectivity index (χ4v) is 1.95. The first-order valence-electron chi connectivity index (χ1n) is 4.82. The molecule has 0 N–H and O–H groups in total. The maximum absolute atomic E-state index is 2.18. The molecule has 0 unspecified atom stereocenters. The summed E-state index contributed by atoms with van der Waals surface area (Å²) in [6.45, 7) is 0. The standard InChI is InChI=1S/C14H10.H2/c1-3-7-13-11(5-1)9-10-12-6-2-4-8-14(12)13;/h1-10H;1H. The molecular weight excluding hydrogens is 168 g/mol. The molecule has 0 aromatic heterocycles. The van der Waals surface area contributed by atoms with Gasteiger partial charge in [-0.15, -0.1) is 0 Å². The second kappa shape index (κ2) is 2.85. The molecule has 0 fully saturated rings. The van der Waals surface area contributed by atoms with Gasteiger partial charge >= 0.3 is 0 Å². The lowest BCUT2D eigenvalue weighted by Gasteiger charge is -2.02. The fourth-order valence-electron chi connectivity index (χ4n) is 1.95. The van der Waals surface area contributed by atoms with Crippen molar-refractivity contribution in [3.05, 3.63) is 60.7 Å². The minimum Gasteiger partial charge on any atom is -0.0616 e. The Kier molecular flexibility index (Phi) is 1.54. The number of hydrogen-bond acceptors (Lipinski definition) is 0. The molecular formula is C14H12. The van der Waals surface area contributed by atoms with E-state index in [1.807, 2.05) is 0 Å². The molecule has 14 heavy (non-hydrogen) atoms. The van der Waals surface area contributed by atoms with Crippen LogP contribution in [-0.2, 0) is 0 Å². The van der Waals surface area contributed by atoms with Crippen LogP contribution in [-0.4, -0.2) is 0 Å². The molecule has 3 rings (SSSR count). The lowest BCUT2D eigenvalue weighted by Crippen LogP contribution is -1.75. The van der Waals surface area contributed by atoms with Crippen molar-refractivity contribution in [3.63, 3.8) is 0 Å². The van der Waals surface area contributed by atoms with E-state index in [0.717, 1.165) is 0 Å². The molecule has 0 saturated heterocycles. The molecule has 0 bridgehead atoms. The SMILES string of the molecule is [HH].c1ccc2c(c1)ccc1ccccc12. The molecule has 68 valence electrons. The molecule has 3 aromatic rings. The summed E-state index contributed by atoms with van der Waals surface area (Å²) in [6.07, 6.45) is 0. The van der Waals surface area contributed by atoms with Crippen molar-refractivity contribution in [1.82, 2.24) is 0 Å². The highest BCUT2D eigenvalue weighted by Gasteiger charge is 1.97. The average Bonchev–Trinajstić information content (AvgIpc) is 2.29. The molecule has 0 aliphatic carbocycles. The third-order valence-electron chi connectivity index (χ3n) is 2.65. The van der Waals surface area contributed by atoms with Gasteiger partial charge in [-0.3, -0.25) is 0 Å². The number of hydrogen-bond donors (Lipinski definition) is 0. The van der Waals surface area contributed by atoms with Crippen LogP contribution in [0.4, 0.5) is 0 Å². The second-order valence-corrected chi connectivity index (χ2v) is 3.51. The van der Waals surface area contributed by atoms with Gasteiger partial charge in [-0.25, -0.2) is 0 Å². The molecule has 0 atom stereocenters. The van der Waals surface area contributed by atoms with E-state index >= 15 is 0 Å². The van der Waals surface area contributed by atoms with Gasteiger partial charge in [0.05, 0.1) is 0 Å². The van der Waals surface area contributed by atoms with E-state index in [9.17, 15) is 0 Å². The van der Waals surface area contributed by atoms with Crippen molar-refractivity contribution in [2.75, 3.05) is 0 Å². The molecule has 0 saturated carbocycles. The van der Waals surface area contributed by atoms with E-state index in [1.54, 1.807) is 0 Å². The van der Waals surface area contributed by atoms with E-state index < -0.39 is 0 Å². The molecule has 0 heteroatoms. The Hall–Kier alpha value is -1.82. The Balaban J connectivity index is 0.000000853. The van der Waals surface area contributed by atoms with E-state index in [-0.39, 0.29) is 1.43 Å². The fraction of sp³-hybridized carbons (Fsp3) is 0. The quantitative estimate of drug-likeness (QED) is 0.454. The Labute approximate surface area is 84.3 Å². The Morgan fingerprint density at radius 2 is 0.929 bits per heavy atom. The van der Waals surface area contributed by atoms with Crippen LogP contribution >= 0.6 is 0 Å². The van der Waals surface area contributed by atoms with Crippen molar-refractivity contribution < 1.29 is 1.43 Å². The van der Waals surface area contributed by atoms with Crippen LogP contribution in [0, 0.1) is 0 Å². The van der Waals surface area contributed by atoms with Gasteiger partial charge in [-0.2, -0.15) is 0 Å². The van der Waals surface area contributed by atoms with Crippen LogP contribution < -0.4 is 0 Å². The van der Waals surface area contributed by atoms with E-state index in [0.29, 0.717) is 0 Å².